The fraction of sp³-hybridized carbons (Fsp3) is 1.00. The lowest BCUT2D eigenvalue weighted by molar-refractivity contribution is -0.0392. The van der Waals surface area contributed by atoms with Crippen LogP contribution in [-0.4, -0.2) is 60.7 Å². The first-order chi connectivity index (χ1) is 6.40. The maximum Gasteiger partial charge on any atom is 0.0261 e. The minimum Gasteiger partial charge on any atom is -0.301 e. The molecule has 2 aliphatic rings. The molecular weight excluding hydrogens is 162 g/mol. The number of rotatable bonds is 2. The van der Waals surface area contributed by atoms with Crippen LogP contribution in [0.15, 0.2) is 0 Å². The predicted octanol–water partition coefficient (Wildman–Crippen LogP) is 0.635. The average molecular weight is 183 g/mol. The summed E-state index contributed by atoms with van der Waals surface area (Å²) in [7, 11) is 0. The van der Waals surface area contributed by atoms with Crippen LogP contribution in [0.1, 0.15) is 19.8 Å². The molecule has 0 bridgehead atoms. The van der Waals surface area contributed by atoms with E-state index in [-0.39, 0.29) is 0 Å². The molecule has 0 aromatic rings. The molecule has 3 heteroatoms. The zero-order valence-electron chi connectivity index (χ0n) is 8.71. The molecule has 76 valence electrons. The van der Waals surface area contributed by atoms with E-state index in [0.29, 0.717) is 0 Å². The van der Waals surface area contributed by atoms with E-state index in [2.05, 4.69) is 21.8 Å². The molecular formula is C10H21N3. The standard InChI is InChI=1S/C10H21N3/c1-2-11-7-9-13(10-8-11)12-5-3-4-6-12/h2-10H2,1H3. The second kappa shape index (κ2) is 4.40. The van der Waals surface area contributed by atoms with Crippen molar-refractivity contribution in [2.45, 2.75) is 19.8 Å². The molecule has 0 unspecified atom stereocenters. The Morgan fingerprint density at radius 2 is 1.31 bits per heavy atom. The highest BCUT2D eigenvalue weighted by Crippen LogP contribution is 2.13. The molecule has 0 spiro atoms. The number of piperazine rings is 1. The van der Waals surface area contributed by atoms with Crippen LogP contribution in [0, 0.1) is 0 Å². The van der Waals surface area contributed by atoms with Gasteiger partial charge in [-0.1, -0.05) is 6.92 Å². The van der Waals surface area contributed by atoms with Crippen molar-refractivity contribution in [3.05, 3.63) is 0 Å². The zero-order chi connectivity index (χ0) is 9.10. The first-order valence-corrected chi connectivity index (χ1v) is 5.62. The Morgan fingerprint density at radius 1 is 0.769 bits per heavy atom. The molecule has 0 N–H and O–H groups in total. The third-order valence-corrected chi connectivity index (χ3v) is 3.28. The summed E-state index contributed by atoms with van der Waals surface area (Å²) in [6.07, 6.45) is 2.79. The minimum atomic E-state index is 1.22. The quantitative estimate of drug-likeness (QED) is 0.622. The van der Waals surface area contributed by atoms with Crippen molar-refractivity contribution < 1.29 is 0 Å². The average Bonchev–Trinajstić information content (AvgIpc) is 2.71. The smallest absolute Gasteiger partial charge is 0.0261 e. The van der Waals surface area contributed by atoms with Crippen LogP contribution in [0.5, 0.6) is 0 Å². The van der Waals surface area contributed by atoms with Gasteiger partial charge < -0.3 is 4.90 Å². The van der Waals surface area contributed by atoms with Crippen LogP contribution in [0.25, 0.3) is 0 Å². The van der Waals surface area contributed by atoms with E-state index in [1.165, 1.54) is 58.7 Å². The molecule has 0 atom stereocenters. The second-order valence-corrected chi connectivity index (χ2v) is 4.05. The Labute approximate surface area is 81.3 Å². The van der Waals surface area contributed by atoms with E-state index in [9.17, 15) is 0 Å². The largest absolute Gasteiger partial charge is 0.301 e. The van der Waals surface area contributed by atoms with E-state index in [0.717, 1.165) is 0 Å². The number of hydrogen-bond donors (Lipinski definition) is 0. The van der Waals surface area contributed by atoms with Crippen molar-refractivity contribution in [1.29, 1.82) is 0 Å². The molecule has 13 heavy (non-hydrogen) atoms. The van der Waals surface area contributed by atoms with Gasteiger partial charge in [0.05, 0.1) is 0 Å². The number of likely N-dealkylation sites (N-methyl/N-ethyl adjacent to an activating group) is 1. The minimum absolute atomic E-state index is 1.22. The summed E-state index contributed by atoms with van der Waals surface area (Å²) >= 11 is 0. The first-order valence-electron chi connectivity index (χ1n) is 5.62. The van der Waals surface area contributed by atoms with Gasteiger partial charge in [0, 0.05) is 39.3 Å². The van der Waals surface area contributed by atoms with Crippen molar-refractivity contribution >= 4 is 0 Å². The molecule has 0 amide bonds. The van der Waals surface area contributed by atoms with E-state index >= 15 is 0 Å². The van der Waals surface area contributed by atoms with Crippen LogP contribution >= 0.6 is 0 Å². The first kappa shape index (κ1) is 9.44. The van der Waals surface area contributed by atoms with Gasteiger partial charge in [0.25, 0.3) is 0 Å². The van der Waals surface area contributed by atoms with Crippen molar-refractivity contribution in [2.24, 2.45) is 0 Å². The Kier molecular flexibility index (Phi) is 3.19. The monoisotopic (exact) mass is 183 g/mol. The summed E-state index contributed by atoms with van der Waals surface area (Å²) in [6, 6.07) is 0. The van der Waals surface area contributed by atoms with Crippen molar-refractivity contribution in [3.8, 4) is 0 Å². The predicted molar refractivity (Wildman–Crippen MR) is 54.5 cm³/mol. The molecule has 0 radical (unpaired) electrons. The van der Waals surface area contributed by atoms with Crippen molar-refractivity contribution in [3.63, 3.8) is 0 Å². The van der Waals surface area contributed by atoms with E-state index < -0.39 is 0 Å². The van der Waals surface area contributed by atoms with Gasteiger partial charge in [0.1, 0.15) is 0 Å². The van der Waals surface area contributed by atoms with Gasteiger partial charge in [-0.3, -0.25) is 0 Å². The topological polar surface area (TPSA) is 9.72 Å². The maximum atomic E-state index is 2.55. The fourth-order valence-corrected chi connectivity index (χ4v) is 2.32. The van der Waals surface area contributed by atoms with Crippen molar-refractivity contribution in [2.75, 3.05) is 45.8 Å². The fourth-order valence-electron chi connectivity index (χ4n) is 2.32. The summed E-state index contributed by atoms with van der Waals surface area (Å²) < 4.78 is 0. The highest BCUT2D eigenvalue weighted by Gasteiger charge is 2.22. The van der Waals surface area contributed by atoms with Gasteiger partial charge in [0.2, 0.25) is 0 Å². The molecule has 2 fully saturated rings. The molecule has 0 aromatic carbocycles. The van der Waals surface area contributed by atoms with Crippen LogP contribution in [0.4, 0.5) is 0 Å². The molecule has 2 saturated heterocycles. The van der Waals surface area contributed by atoms with E-state index in [4.69, 9.17) is 0 Å². The van der Waals surface area contributed by atoms with Crippen LogP contribution in [-0.2, 0) is 0 Å². The highest BCUT2D eigenvalue weighted by molar-refractivity contribution is 4.72. The van der Waals surface area contributed by atoms with Crippen LogP contribution < -0.4 is 0 Å². The SMILES string of the molecule is CCN1CCN(N2CCCC2)CC1. The van der Waals surface area contributed by atoms with Gasteiger partial charge in [-0.05, 0) is 19.4 Å². The summed E-state index contributed by atoms with van der Waals surface area (Å²) in [5.41, 5.74) is 0. The zero-order valence-corrected chi connectivity index (χ0v) is 8.71. The number of hydrogen-bond acceptors (Lipinski definition) is 3. The Bertz CT molecular complexity index is 146. The number of nitrogens with zero attached hydrogens (tertiary/aromatic N) is 3. The number of hydrazine groups is 1. The van der Waals surface area contributed by atoms with Gasteiger partial charge in [-0.2, -0.15) is 0 Å². The molecule has 0 aliphatic carbocycles. The van der Waals surface area contributed by atoms with Crippen molar-refractivity contribution in [1.82, 2.24) is 14.9 Å². The molecule has 0 aromatic heterocycles. The van der Waals surface area contributed by atoms with Crippen LogP contribution in [0.3, 0.4) is 0 Å². The lowest BCUT2D eigenvalue weighted by Crippen LogP contribution is -2.52. The summed E-state index contributed by atoms with van der Waals surface area (Å²) in [4.78, 5) is 2.53. The molecule has 2 heterocycles. The van der Waals surface area contributed by atoms with Gasteiger partial charge in [0.15, 0.2) is 0 Å². The normalized spacial score (nSPS) is 28.4. The lowest BCUT2D eigenvalue weighted by atomic mass is 10.3. The van der Waals surface area contributed by atoms with E-state index in [1.807, 2.05) is 0 Å². The Hall–Kier alpha value is -0.120. The second-order valence-electron chi connectivity index (χ2n) is 4.05. The summed E-state index contributed by atoms with van der Waals surface area (Å²) in [6.45, 7) is 11.1. The van der Waals surface area contributed by atoms with Gasteiger partial charge in [-0.15, -0.1) is 0 Å². The van der Waals surface area contributed by atoms with Gasteiger partial charge in [-0.25, -0.2) is 10.0 Å². The lowest BCUT2D eigenvalue weighted by Gasteiger charge is -2.39. The third kappa shape index (κ3) is 2.22. The molecule has 2 aliphatic heterocycles. The van der Waals surface area contributed by atoms with E-state index in [1.54, 1.807) is 0 Å². The molecule has 0 saturated carbocycles. The third-order valence-electron chi connectivity index (χ3n) is 3.28. The van der Waals surface area contributed by atoms with Crippen LogP contribution in [0.2, 0.25) is 0 Å². The molecule has 2 rings (SSSR count). The van der Waals surface area contributed by atoms with Gasteiger partial charge >= 0.3 is 0 Å². The summed E-state index contributed by atoms with van der Waals surface area (Å²) in [5.74, 6) is 0. The highest BCUT2D eigenvalue weighted by atomic mass is 15.6. The Balaban J connectivity index is 1.77. The Morgan fingerprint density at radius 3 is 1.85 bits per heavy atom. The summed E-state index contributed by atoms with van der Waals surface area (Å²) in [5, 5.41) is 5.10. The maximum absolute atomic E-state index is 2.55. The molecule has 3 nitrogen and oxygen atoms in total.